The van der Waals surface area contributed by atoms with E-state index in [0.717, 1.165) is 17.3 Å². The Hall–Kier alpha value is -1.51. The minimum atomic E-state index is 0.120. The molecular formula is C18H22ClNO. The smallest absolute Gasteiger partial charge is 0.119 e. The van der Waals surface area contributed by atoms with Crippen molar-refractivity contribution in [3.05, 3.63) is 64.2 Å². The number of hydrogen-bond acceptors (Lipinski definition) is 2. The second-order valence-corrected chi connectivity index (χ2v) is 5.43. The fraction of sp³-hybridized carbons (Fsp3) is 0.333. The molecule has 1 N–H and O–H groups in total. The van der Waals surface area contributed by atoms with E-state index in [1.54, 1.807) is 0 Å². The highest BCUT2D eigenvalue weighted by Gasteiger charge is 2.16. The molecule has 0 fully saturated rings. The lowest BCUT2D eigenvalue weighted by molar-refractivity contribution is 0.339. The van der Waals surface area contributed by atoms with Crippen LogP contribution in [0.5, 0.6) is 5.75 Å². The summed E-state index contributed by atoms with van der Waals surface area (Å²) in [7, 11) is 0. The number of hydrogen-bond donors (Lipinski definition) is 1. The van der Waals surface area contributed by atoms with Crippen molar-refractivity contribution in [3.8, 4) is 5.75 Å². The van der Waals surface area contributed by atoms with E-state index in [-0.39, 0.29) is 6.04 Å². The molecular weight excluding hydrogens is 282 g/mol. The van der Waals surface area contributed by atoms with Gasteiger partial charge in [0.15, 0.2) is 0 Å². The zero-order valence-electron chi connectivity index (χ0n) is 12.8. The van der Waals surface area contributed by atoms with Crippen LogP contribution in [-0.4, -0.2) is 13.2 Å². The summed E-state index contributed by atoms with van der Waals surface area (Å²) in [6.45, 7) is 7.78. The number of rotatable bonds is 6. The lowest BCUT2D eigenvalue weighted by Crippen LogP contribution is -2.22. The molecule has 2 aromatic carbocycles. The van der Waals surface area contributed by atoms with Crippen LogP contribution in [0.2, 0.25) is 5.02 Å². The molecule has 2 rings (SSSR count). The zero-order chi connectivity index (χ0) is 15.2. The van der Waals surface area contributed by atoms with Crippen molar-refractivity contribution in [2.75, 3.05) is 13.2 Å². The predicted molar refractivity (Wildman–Crippen MR) is 89.3 cm³/mol. The Bertz CT molecular complexity index is 598. The van der Waals surface area contributed by atoms with Gasteiger partial charge in [0.25, 0.3) is 0 Å². The summed E-state index contributed by atoms with van der Waals surface area (Å²) in [5.41, 5.74) is 3.62. The Morgan fingerprint density at radius 1 is 1.14 bits per heavy atom. The molecule has 1 unspecified atom stereocenters. The largest absolute Gasteiger partial charge is 0.494 e. The molecule has 0 amide bonds. The fourth-order valence-electron chi connectivity index (χ4n) is 2.48. The van der Waals surface area contributed by atoms with Crippen LogP contribution < -0.4 is 10.1 Å². The van der Waals surface area contributed by atoms with Crippen LogP contribution in [0, 0.1) is 6.92 Å². The average Bonchev–Trinajstić information content (AvgIpc) is 2.48. The van der Waals surface area contributed by atoms with E-state index in [1.807, 2.05) is 31.2 Å². The third-order valence-electron chi connectivity index (χ3n) is 3.46. The Labute approximate surface area is 132 Å². The van der Waals surface area contributed by atoms with Gasteiger partial charge in [-0.3, -0.25) is 0 Å². The topological polar surface area (TPSA) is 21.3 Å². The van der Waals surface area contributed by atoms with Crippen LogP contribution in [-0.2, 0) is 0 Å². The molecule has 0 aliphatic rings. The Kier molecular flexibility index (Phi) is 5.66. The minimum absolute atomic E-state index is 0.120. The minimum Gasteiger partial charge on any atom is -0.494 e. The first-order chi connectivity index (χ1) is 10.2. The highest BCUT2D eigenvalue weighted by molar-refractivity contribution is 6.30. The monoisotopic (exact) mass is 303 g/mol. The van der Waals surface area contributed by atoms with E-state index >= 15 is 0 Å². The van der Waals surface area contributed by atoms with Crippen LogP contribution in [0.3, 0.4) is 0 Å². The van der Waals surface area contributed by atoms with Gasteiger partial charge in [0.1, 0.15) is 5.75 Å². The summed E-state index contributed by atoms with van der Waals surface area (Å²) in [6, 6.07) is 14.4. The average molecular weight is 304 g/mol. The second-order valence-electron chi connectivity index (χ2n) is 5.00. The van der Waals surface area contributed by atoms with Crippen LogP contribution in [0.25, 0.3) is 0 Å². The predicted octanol–water partition coefficient (Wildman–Crippen LogP) is 4.75. The fourth-order valence-corrected chi connectivity index (χ4v) is 2.66. The summed E-state index contributed by atoms with van der Waals surface area (Å²) < 4.78 is 5.61. The van der Waals surface area contributed by atoms with E-state index in [2.05, 4.69) is 37.4 Å². The van der Waals surface area contributed by atoms with Gasteiger partial charge < -0.3 is 10.1 Å². The van der Waals surface area contributed by atoms with E-state index in [1.165, 1.54) is 16.7 Å². The third kappa shape index (κ3) is 3.99. The van der Waals surface area contributed by atoms with Crippen molar-refractivity contribution in [3.63, 3.8) is 0 Å². The first-order valence-corrected chi connectivity index (χ1v) is 7.75. The molecule has 0 aromatic heterocycles. The molecule has 0 radical (unpaired) electrons. The summed E-state index contributed by atoms with van der Waals surface area (Å²) in [5, 5.41) is 4.30. The Morgan fingerprint density at radius 3 is 2.67 bits per heavy atom. The van der Waals surface area contributed by atoms with Gasteiger partial charge in [-0.25, -0.2) is 0 Å². The molecule has 2 aromatic rings. The summed E-state index contributed by atoms with van der Waals surface area (Å²) in [4.78, 5) is 0. The maximum absolute atomic E-state index is 6.18. The van der Waals surface area contributed by atoms with Crippen molar-refractivity contribution in [1.82, 2.24) is 5.32 Å². The molecule has 0 heterocycles. The van der Waals surface area contributed by atoms with E-state index < -0.39 is 0 Å². The van der Waals surface area contributed by atoms with Gasteiger partial charge >= 0.3 is 0 Å². The van der Waals surface area contributed by atoms with Crippen molar-refractivity contribution in [2.24, 2.45) is 0 Å². The molecule has 0 aliphatic carbocycles. The summed E-state index contributed by atoms with van der Waals surface area (Å²) in [6.07, 6.45) is 0. The van der Waals surface area contributed by atoms with E-state index in [4.69, 9.17) is 16.3 Å². The molecule has 0 aliphatic heterocycles. The van der Waals surface area contributed by atoms with Crippen LogP contribution in [0.4, 0.5) is 0 Å². The van der Waals surface area contributed by atoms with Gasteiger partial charge in [0.2, 0.25) is 0 Å². The van der Waals surface area contributed by atoms with Crippen molar-refractivity contribution in [2.45, 2.75) is 26.8 Å². The Morgan fingerprint density at radius 2 is 1.95 bits per heavy atom. The van der Waals surface area contributed by atoms with Crippen LogP contribution in [0.1, 0.15) is 36.6 Å². The maximum atomic E-state index is 6.18. The lowest BCUT2D eigenvalue weighted by Gasteiger charge is -2.22. The molecule has 0 bridgehead atoms. The van der Waals surface area contributed by atoms with Crippen LogP contribution in [0.15, 0.2) is 42.5 Å². The highest BCUT2D eigenvalue weighted by Crippen LogP contribution is 2.29. The third-order valence-corrected chi connectivity index (χ3v) is 3.70. The highest BCUT2D eigenvalue weighted by atomic mass is 35.5. The number of benzene rings is 2. The molecule has 3 heteroatoms. The van der Waals surface area contributed by atoms with Gasteiger partial charge in [0.05, 0.1) is 12.6 Å². The number of ether oxygens (including phenoxy) is 1. The molecule has 0 saturated carbocycles. The number of halogens is 1. The van der Waals surface area contributed by atoms with Crippen molar-refractivity contribution < 1.29 is 4.74 Å². The van der Waals surface area contributed by atoms with Gasteiger partial charge in [-0.2, -0.15) is 0 Å². The molecule has 1 atom stereocenters. The van der Waals surface area contributed by atoms with Gasteiger partial charge in [-0.05, 0) is 61.3 Å². The molecule has 21 heavy (non-hydrogen) atoms. The first-order valence-electron chi connectivity index (χ1n) is 7.37. The van der Waals surface area contributed by atoms with Gasteiger partial charge in [0, 0.05) is 5.02 Å². The van der Waals surface area contributed by atoms with Gasteiger partial charge in [-0.1, -0.05) is 36.7 Å². The summed E-state index contributed by atoms with van der Waals surface area (Å²) >= 11 is 6.18. The maximum Gasteiger partial charge on any atom is 0.119 e. The Balaban J connectivity index is 2.42. The quantitative estimate of drug-likeness (QED) is 0.832. The van der Waals surface area contributed by atoms with Crippen molar-refractivity contribution >= 4 is 11.6 Å². The molecule has 112 valence electrons. The molecule has 2 nitrogen and oxygen atoms in total. The SMILES string of the molecule is CCNC(c1cccc(OCC)c1)c1cc(Cl)ccc1C. The van der Waals surface area contributed by atoms with Crippen molar-refractivity contribution in [1.29, 1.82) is 0 Å². The zero-order valence-corrected chi connectivity index (χ0v) is 13.6. The van der Waals surface area contributed by atoms with E-state index in [9.17, 15) is 0 Å². The van der Waals surface area contributed by atoms with Gasteiger partial charge in [-0.15, -0.1) is 0 Å². The second kappa shape index (κ2) is 7.48. The van der Waals surface area contributed by atoms with E-state index in [0.29, 0.717) is 6.61 Å². The number of nitrogens with one attached hydrogen (secondary N) is 1. The normalized spacial score (nSPS) is 12.2. The molecule has 0 spiro atoms. The van der Waals surface area contributed by atoms with Crippen LogP contribution >= 0.6 is 11.6 Å². The lowest BCUT2D eigenvalue weighted by atomic mass is 9.95. The number of aryl methyl sites for hydroxylation is 1. The molecule has 0 saturated heterocycles. The summed E-state index contributed by atoms with van der Waals surface area (Å²) in [5.74, 6) is 0.901. The first kappa shape index (κ1) is 15.9. The standard InChI is InChI=1S/C18H22ClNO/c1-4-20-18(17-12-15(19)10-9-13(17)3)14-7-6-8-16(11-14)21-5-2/h6-12,18,20H,4-5H2,1-3H3.